The van der Waals surface area contributed by atoms with Gasteiger partial charge in [-0.05, 0) is 48.7 Å². The van der Waals surface area contributed by atoms with Crippen molar-refractivity contribution in [3.63, 3.8) is 0 Å². The van der Waals surface area contributed by atoms with Crippen LogP contribution < -0.4 is 10.6 Å². The monoisotopic (exact) mass is 433 g/mol. The number of hydrogen-bond acceptors (Lipinski definition) is 3. The summed E-state index contributed by atoms with van der Waals surface area (Å²) in [5, 5.41) is 5.81. The predicted octanol–water partition coefficient (Wildman–Crippen LogP) is 4.56. The maximum absolute atomic E-state index is 12.7. The van der Waals surface area contributed by atoms with Gasteiger partial charge < -0.3 is 15.5 Å². The Morgan fingerprint density at radius 1 is 0.875 bits per heavy atom. The molecular weight excluding hydrogens is 402 g/mol. The molecule has 0 unspecified atom stereocenters. The lowest BCUT2D eigenvalue weighted by atomic mass is 9.95. The fourth-order valence-corrected chi connectivity index (χ4v) is 3.40. The Kier molecular flexibility index (Phi) is 7.46. The van der Waals surface area contributed by atoms with E-state index >= 15 is 0 Å². The minimum Gasteiger partial charge on any atom is -0.339 e. The topological polar surface area (TPSA) is 78.5 Å². The fourth-order valence-electron chi connectivity index (χ4n) is 3.40. The number of nitrogens with zero attached hydrogens (tertiary/aromatic N) is 1. The highest BCUT2D eigenvalue weighted by atomic mass is 16.2. The van der Waals surface area contributed by atoms with Gasteiger partial charge in [-0.3, -0.25) is 14.4 Å². The first-order valence-electron chi connectivity index (χ1n) is 11.0. The van der Waals surface area contributed by atoms with Crippen molar-refractivity contribution in [3.8, 4) is 0 Å². The van der Waals surface area contributed by atoms with Crippen molar-refractivity contribution in [2.24, 2.45) is 11.3 Å². The second-order valence-corrected chi connectivity index (χ2v) is 9.11. The number of nitrogens with one attached hydrogen (secondary N) is 2. The van der Waals surface area contributed by atoms with Crippen molar-refractivity contribution >= 4 is 35.2 Å². The van der Waals surface area contributed by atoms with E-state index in [0.29, 0.717) is 37.3 Å². The average molecular weight is 434 g/mol. The van der Waals surface area contributed by atoms with E-state index in [-0.39, 0.29) is 23.6 Å². The van der Waals surface area contributed by atoms with Crippen molar-refractivity contribution in [3.05, 3.63) is 66.2 Å². The summed E-state index contributed by atoms with van der Waals surface area (Å²) in [6.45, 7) is 6.70. The van der Waals surface area contributed by atoms with Crippen LogP contribution >= 0.6 is 0 Å². The molecule has 0 saturated carbocycles. The molecule has 168 valence electrons. The Morgan fingerprint density at radius 2 is 1.44 bits per heavy atom. The number of likely N-dealkylation sites (tertiary alicyclic amines) is 1. The lowest BCUT2D eigenvalue weighted by molar-refractivity contribution is -0.130. The van der Waals surface area contributed by atoms with Crippen LogP contribution in [-0.2, 0) is 14.4 Å². The van der Waals surface area contributed by atoms with Crippen molar-refractivity contribution in [1.82, 2.24) is 4.90 Å². The second-order valence-electron chi connectivity index (χ2n) is 9.11. The van der Waals surface area contributed by atoms with Gasteiger partial charge in [0, 0.05) is 41.9 Å². The molecule has 1 heterocycles. The highest BCUT2D eigenvalue weighted by Crippen LogP contribution is 2.22. The normalized spacial score (nSPS) is 14.9. The maximum atomic E-state index is 12.7. The number of amides is 3. The molecule has 6 nitrogen and oxygen atoms in total. The van der Waals surface area contributed by atoms with Gasteiger partial charge in [0.15, 0.2) is 0 Å². The molecule has 0 aromatic heterocycles. The van der Waals surface area contributed by atoms with Crippen LogP contribution in [0.25, 0.3) is 6.08 Å². The number of carbonyl (C=O) groups excluding carboxylic acids is 3. The van der Waals surface area contributed by atoms with Gasteiger partial charge in [0.25, 0.3) is 0 Å². The summed E-state index contributed by atoms with van der Waals surface area (Å²) < 4.78 is 0. The molecule has 32 heavy (non-hydrogen) atoms. The van der Waals surface area contributed by atoms with E-state index < -0.39 is 5.41 Å². The highest BCUT2D eigenvalue weighted by molar-refractivity contribution is 5.96. The molecule has 6 heteroatoms. The summed E-state index contributed by atoms with van der Waals surface area (Å²) in [7, 11) is 0. The van der Waals surface area contributed by atoms with Gasteiger partial charge in [-0.25, -0.2) is 0 Å². The third-order valence-corrected chi connectivity index (χ3v) is 5.49. The average Bonchev–Trinajstić information content (AvgIpc) is 2.79. The standard InChI is InChI=1S/C26H31N3O3/c1-26(2,3)25(32)28-22-12-10-21(11-13-22)27-24(31)20-15-17-29(18-16-20)23(30)14-9-19-7-5-4-6-8-19/h4-14,20H,15-18H2,1-3H3,(H,27,31)(H,28,32)/b14-9+. The molecule has 0 spiro atoms. The molecule has 1 aliphatic heterocycles. The third kappa shape index (κ3) is 6.54. The Labute approximate surface area is 189 Å². The molecule has 2 aromatic carbocycles. The van der Waals surface area contributed by atoms with E-state index in [4.69, 9.17) is 0 Å². The van der Waals surface area contributed by atoms with Crippen LogP contribution in [0.2, 0.25) is 0 Å². The van der Waals surface area contributed by atoms with Crippen LogP contribution in [0.15, 0.2) is 60.7 Å². The minimum atomic E-state index is -0.472. The number of benzene rings is 2. The highest BCUT2D eigenvalue weighted by Gasteiger charge is 2.26. The van der Waals surface area contributed by atoms with Crippen molar-refractivity contribution in [2.75, 3.05) is 23.7 Å². The number of hydrogen-bond donors (Lipinski definition) is 2. The molecule has 3 rings (SSSR count). The van der Waals surface area contributed by atoms with E-state index in [0.717, 1.165) is 5.56 Å². The van der Waals surface area contributed by atoms with Crippen LogP contribution in [0, 0.1) is 11.3 Å². The van der Waals surface area contributed by atoms with Crippen molar-refractivity contribution in [2.45, 2.75) is 33.6 Å². The van der Waals surface area contributed by atoms with Crippen LogP contribution in [0.5, 0.6) is 0 Å². The second kappa shape index (κ2) is 10.3. The number of carbonyl (C=O) groups is 3. The van der Waals surface area contributed by atoms with Gasteiger partial charge in [0.2, 0.25) is 17.7 Å². The van der Waals surface area contributed by atoms with Crippen LogP contribution in [-0.4, -0.2) is 35.7 Å². The van der Waals surface area contributed by atoms with E-state index in [1.807, 2.05) is 57.2 Å². The largest absolute Gasteiger partial charge is 0.339 e. The summed E-state index contributed by atoms with van der Waals surface area (Å²) in [4.78, 5) is 38.9. The molecule has 1 saturated heterocycles. The fraction of sp³-hybridized carbons (Fsp3) is 0.346. The van der Waals surface area contributed by atoms with E-state index in [1.54, 1.807) is 35.2 Å². The predicted molar refractivity (Wildman–Crippen MR) is 128 cm³/mol. The van der Waals surface area contributed by atoms with E-state index in [2.05, 4.69) is 10.6 Å². The maximum Gasteiger partial charge on any atom is 0.246 e. The molecule has 0 bridgehead atoms. The third-order valence-electron chi connectivity index (χ3n) is 5.49. The van der Waals surface area contributed by atoms with Gasteiger partial charge in [-0.2, -0.15) is 0 Å². The Bertz CT molecular complexity index is 968. The number of rotatable bonds is 5. The molecule has 1 aliphatic rings. The SMILES string of the molecule is CC(C)(C)C(=O)Nc1ccc(NC(=O)C2CCN(C(=O)/C=C/c3ccccc3)CC2)cc1. The van der Waals surface area contributed by atoms with Gasteiger partial charge in [-0.1, -0.05) is 51.1 Å². The lowest BCUT2D eigenvalue weighted by Crippen LogP contribution is -2.40. The summed E-state index contributed by atoms with van der Waals surface area (Å²) in [6, 6.07) is 16.8. The van der Waals surface area contributed by atoms with Crippen molar-refractivity contribution < 1.29 is 14.4 Å². The first-order chi connectivity index (χ1) is 15.2. The zero-order chi connectivity index (χ0) is 23.1. The summed E-state index contributed by atoms with van der Waals surface area (Å²) in [5.41, 5.74) is 1.89. The number of anilines is 2. The lowest BCUT2D eigenvalue weighted by Gasteiger charge is -2.30. The zero-order valence-corrected chi connectivity index (χ0v) is 18.9. The molecule has 3 amide bonds. The first kappa shape index (κ1) is 23.3. The summed E-state index contributed by atoms with van der Waals surface area (Å²) >= 11 is 0. The molecule has 0 radical (unpaired) electrons. The Morgan fingerprint density at radius 3 is 2.00 bits per heavy atom. The molecule has 0 atom stereocenters. The molecule has 2 N–H and O–H groups in total. The van der Waals surface area contributed by atoms with E-state index in [9.17, 15) is 14.4 Å². The van der Waals surface area contributed by atoms with Gasteiger partial charge >= 0.3 is 0 Å². The van der Waals surface area contributed by atoms with Crippen LogP contribution in [0.3, 0.4) is 0 Å². The quantitative estimate of drug-likeness (QED) is 0.679. The Hall–Kier alpha value is -3.41. The smallest absolute Gasteiger partial charge is 0.246 e. The van der Waals surface area contributed by atoms with E-state index in [1.165, 1.54) is 0 Å². The summed E-state index contributed by atoms with van der Waals surface area (Å²) in [5.74, 6) is -0.254. The molecule has 2 aromatic rings. The van der Waals surface area contributed by atoms with Crippen molar-refractivity contribution in [1.29, 1.82) is 0 Å². The van der Waals surface area contributed by atoms with Crippen LogP contribution in [0.4, 0.5) is 11.4 Å². The summed E-state index contributed by atoms with van der Waals surface area (Å²) in [6.07, 6.45) is 4.68. The minimum absolute atomic E-state index is 0.0272. The Balaban J connectivity index is 1.46. The number of piperidine rings is 1. The van der Waals surface area contributed by atoms with Crippen LogP contribution in [0.1, 0.15) is 39.2 Å². The van der Waals surface area contributed by atoms with Gasteiger partial charge in [0.05, 0.1) is 0 Å². The molecule has 0 aliphatic carbocycles. The first-order valence-corrected chi connectivity index (χ1v) is 11.0. The molecular formula is C26H31N3O3. The molecule has 1 fully saturated rings. The zero-order valence-electron chi connectivity index (χ0n) is 18.9. The van der Waals surface area contributed by atoms with Gasteiger partial charge in [0.1, 0.15) is 0 Å². The van der Waals surface area contributed by atoms with Gasteiger partial charge in [-0.15, -0.1) is 0 Å².